The van der Waals surface area contributed by atoms with E-state index >= 15 is 0 Å². The van der Waals surface area contributed by atoms with Gasteiger partial charge in [0, 0.05) is 0 Å². The summed E-state index contributed by atoms with van der Waals surface area (Å²) in [5, 5.41) is 9.92. The fraction of sp³-hybridized carbons (Fsp3) is 0.500. The summed E-state index contributed by atoms with van der Waals surface area (Å²) in [7, 11) is 0. The summed E-state index contributed by atoms with van der Waals surface area (Å²) in [5.74, 6) is 0.390. The third-order valence-corrected chi connectivity index (χ3v) is 3.40. The van der Waals surface area contributed by atoms with E-state index in [4.69, 9.17) is 18.0 Å². The van der Waals surface area contributed by atoms with Crippen LogP contribution in [-0.4, -0.2) is 26.1 Å². The first-order valence-corrected chi connectivity index (χ1v) is 5.70. The van der Waals surface area contributed by atoms with Gasteiger partial charge in [0.25, 0.3) is 0 Å². The molecule has 0 aliphatic heterocycles. The van der Waals surface area contributed by atoms with Gasteiger partial charge in [0.05, 0.1) is 22.8 Å². The first-order valence-electron chi connectivity index (χ1n) is 5.29. The van der Waals surface area contributed by atoms with Crippen LogP contribution in [0.5, 0.6) is 0 Å². The highest BCUT2D eigenvalue weighted by Gasteiger charge is 2.51. The molecule has 0 saturated heterocycles. The number of carbonyl (C=O) groups is 1. The minimum atomic E-state index is -0.742. The van der Waals surface area contributed by atoms with Crippen molar-refractivity contribution in [3.8, 4) is 0 Å². The molecule has 1 heterocycles. The van der Waals surface area contributed by atoms with Crippen molar-refractivity contribution in [3.05, 3.63) is 12.4 Å². The number of anilines is 1. The summed E-state index contributed by atoms with van der Waals surface area (Å²) < 4.78 is 0. The molecule has 1 fully saturated rings. The highest BCUT2D eigenvalue weighted by atomic mass is 32.1. The monoisotopic (exact) mass is 251 g/mol. The molecule has 0 unspecified atom stereocenters. The zero-order valence-electron chi connectivity index (χ0n) is 9.38. The lowest BCUT2D eigenvalue weighted by molar-refractivity contribution is -0.127. The Balaban J connectivity index is 2.12. The molecule has 1 aromatic rings. The van der Waals surface area contributed by atoms with E-state index in [1.165, 1.54) is 12.4 Å². The highest BCUT2D eigenvalue weighted by molar-refractivity contribution is 7.80. The van der Waals surface area contributed by atoms with Crippen LogP contribution in [0.2, 0.25) is 0 Å². The van der Waals surface area contributed by atoms with Crippen LogP contribution in [0.15, 0.2) is 12.4 Å². The van der Waals surface area contributed by atoms with E-state index < -0.39 is 5.41 Å². The number of hydrogen-bond donors (Lipinski definition) is 2. The first-order chi connectivity index (χ1) is 8.04. The first kappa shape index (κ1) is 11.8. The Kier molecular flexibility index (Phi) is 3.01. The van der Waals surface area contributed by atoms with Crippen LogP contribution in [0.25, 0.3) is 0 Å². The molecule has 0 atom stereocenters. The third kappa shape index (κ3) is 2.10. The van der Waals surface area contributed by atoms with Crippen LogP contribution in [0, 0.1) is 11.3 Å². The highest BCUT2D eigenvalue weighted by Crippen LogP contribution is 2.46. The Bertz CT molecular complexity index is 443. The molecule has 0 aromatic carbocycles. The van der Waals surface area contributed by atoms with Crippen LogP contribution in [0.3, 0.4) is 0 Å². The predicted molar refractivity (Wildman–Crippen MR) is 66.1 cm³/mol. The fourth-order valence-electron chi connectivity index (χ4n) is 2.15. The standard InChI is InChI=1S/C10H13N5OS/c1-6-4-10(5-6,7(11)17)8(16)14-9-12-2-3-13-15-9/h2-3,6H,4-5H2,1H3,(H2,11,17)(H,12,14,15,16). The van der Waals surface area contributed by atoms with Gasteiger partial charge in [-0.25, -0.2) is 4.98 Å². The van der Waals surface area contributed by atoms with Crippen molar-refractivity contribution in [3.63, 3.8) is 0 Å². The van der Waals surface area contributed by atoms with Crippen LogP contribution >= 0.6 is 12.2 Å². The SMILES string of the molecule is CC1CC(C(=O)Nc2nccnn2)(C(N)=S)C1. The van der Waals surface area contributed by atoms with E-state index in [1.807, 2.05) is 0 Å². The second kappa shape index (κ2) is 4.33. The topological polar surface area (TPSA) is 93.8 Å². The fourth-order valence-corrected chi connectivity index (χ4v) is 2.41. The van der Waals surface area contributed by atoms with Gasteiger partial charge >= 0.3 is 0 Å². The number of thiocarbonyl (C=S) groups is 1. The molecule has 1 amide bonds. The Labute approximate surface area is 104 Å². The van der Waals surface area contributed by atoms with Gasteiger partial charge in [-0.2, -0.15) is 5.10 Å². The smallest absolute Gasteiger partial charge is 0.249 e. The van der Waals surface area contributed by atoms with Gasteiger partial charge in [-0.1, -0.05) is 19.1 Å². The maximum absolute atomic E-state index is 12.1. The van der Waals surface area contributed by atoms with Crippen molar-refractivity contribution in [2.45, 2.75) is 19.8 Å². The van der Waals surface area contributed by atoms with Crippen LogP contribution in [0.4, 0.5) is 5.95 Å². The molecule has 90 valence electrons. The van der Waals surface area contributed by atoms with Crippen molar-refractivity contribution in [1.29, 1.82) is 0 Å². The van der Waals surface area contributed by atoms with Gasteiger partial charge < -0.3 is 5.73 Å². The van der Waals surface area contributed by atoms with Crippen LogP contribution < -0.4 is 11.1 Å². The molecule has 1 aliphatic rings. The van der Waals surface area contributed by atoms with E-state index in [0.717, 1.165) is 0 Å². The zero-order valence-corrected chi connectivity index (χ0v) is 10.2. The van der Waals surface area contributed by atoms with E-state index in [-0.39, 0.29) is 16.8 Å². The molecule has 0 radical (unpaired) electrons. The largest absolute Gasteiger partial charge is 0.392 e. The lowest BCUT2D eigenvalue weighted by Gasteiger charge is -2.43. The van der Waals surface area contributed by atoms with Crippen molar-refractivity contribution < 1.29 is 4.79 Å². The predicted octanol–water partition coefficient (Wildman–Crippen LogP) is 0.512. The van der Waals surface area contributed by atoms with Gasteiger partial charge in [-0.3, -0.25) is 10.1 Å². The minimum Gasteiger partial charge on any atom is -0.392 e. The van der Waals surface area contributed by atoms with E-state index in [0.29, 0.717) is 18.8 Å². The number of hydrogen-bond acceptors (Lipinski definition) is 5. The van der Waals surface area contributed by atoms with Crippen LogP contribution in [-0.2, 0) is 4.79 Å². The van der Waals surface area contributed by atoms with Gasteiger partial charge in [0.15, 0.2) is 0 Å². The average Bonchev–Trinajstić information content (AvgIpc) is 2.25. The second-order valence-electron chi connectivity index (χ2n) is 4.38. The number of nitrogens with zero attached hydrogens (tertiary/aromatic N) is 3. The molecule has 0 spiro atoms. The number of nitrogens with one attached hydrogen (secondary N) is 1. The molecule has 6 nitrogen and oxygen atoms in total. The maximum Gasteiger partial charge on any atom is 0.249 e. The van der Waals surface area contributed by atoms with E-state index in [9.17, 15) is 4.79 Å². The van der Waals surface area contributed by atoms with Gasteiger partial charge in [0.2, 0.25) is 11.9 Å². The van der Waals surface area contributed by atoms with Crippen molar-refractivity contribution in [1.82, 2.24) is 15.2 Å². The van der Waals surface area contributed by atoms with Gasteiger partial charge in [0.1, 0.15) is 0 Å². The number of carbonyl (C=O) groups excluding carboxylic acids is 1. The van der Waals surface area contributed by atoms with E-state index in [2.05, 4.69) is 27.4 Å². The average molecular weight is 251 g/mol. The molecule has 3 N–H and O–H groups in total. The molecule has 1 saturated carbocycles. The number of rotatable bonds is 3. The number of nitrogens with two attached hydrogens (primary N) is 1. The Morgan fingerprint density at radius 2 is 2.29 bits per heavy atom. The van der Waals surface area contributed by atoms with Crippen LogP contribution in [0.1, 0.15) is 19.8 Å². The molecule has 2 rings (SSSR count). The summed E-state index contributed by atoms with van der Waals surface area (Å²) >= 11 is 4.99. The molecule has 7 heteroatoms. The maximum atomic E-state index is 12.1. The summed E-state index contributed by atoms with van der Waals surface area (Å²) in [5.41, 5.74) is 4.92. The van der Waals surface area contributed by atoms with Gasteiger partial charge in [-0.05, 0) is 18.8 Å². The molecule has 1 aliphatic carbocycles. The molecular formula is C10H13N5OS. The molecular weight excluding hydrogens is 238 g/mol. The van der Waals surface area contributed by atoms with Crippen molar-refractivity contribution in [2.24, 2.45) is 17.1 Å². The Morgan fingerprint density at radius 3 is 2.76 bits per heavy atom. The lowest BCUT2D eigenvalue weighted by atomic mass is 9.62. The molecule has 1 aromatic heterocycles. The molecule has 0 bridgehead atoms. The van der Waals surface area contributed by atoms with Crippen molar-refractivity contribution in [2.75, 3.05) is 5.32 Å². The summed E-state index contributed by atoms with van der Waals surface area (Å²) in [4.78, 5) is 16.2. The summed E-state index contributed by atoms with van der Waals surface area (Å²) in [6.45, 7) is 2.06. The Hall–Kier alpha value is -1.63. The summed E-state index contributed by atoms with van der Waals surface area (Å²) in [6.07, 6.45) is 4.24. The van der Waals surface area contributed by atoms with Crippen molar-refractivity contribution >= 4 is 29.1 Å². The second-order valence-corrected chi connectivity index (χ2v) is 4.82. The lowest BCUT2D eigenvalue weighted by Crippen LogP contribution is -2.54. The normalized spacial score (nSPS) is 27.0. The Morgan fingerprint density at radius 1 is 1.59 bits per heavy atom. The van der Waals surface area contributed by atoms with Gasteiger partial charge in [-0.15, -0.1) is 5.10 Å². The quantitative estimate of drug-likeness (QED) is 0.760. The number of aromatic nitrogens is 3. The van der Waals surface area contributed by atoms with E-state index in [1.54, 1.807) is 0 Å². The third-order valence-electron chi connectivity index (χ3n) is 3.01. The molecule has 17 heavy (non-hydrogen) atoms. The minimum absolute atomic E-state index is 0.174. The zero-order chi connectivity index (χ0) is 12.5. The summed E-state index contributed by atoms with van der Waals surface area (Å²) in [6, 6.07) is 0. The number of amides is 1.